The fourth-order valence-corrected chi connectivity index (χ4v) is 7.29. The van der Waals surface area contributed by atoms with E-state index in [1.165, 1.54) is 25.7 Å². The number of carbonyl (C=O) groups excluding carboxylic acids is 1. The number of ketones is 1. The van der Waals surface area contributed by atoms with Crippen LogP contribution in [-0.4, -0.2) is 17.0 Å². The van der Waals surface area contributed by atoms with Crippen LogP contribution in [0.2, 0.25) is 0 Å². The molecule has 2 heteroatoms. The number of fused-ring (bicyclic) bond motifs is 5. The summed E-state index contributed by atoms with van der Waals surface area (Å²) >= 11 is 0. The molecule has 2 nitrogen and oxygen atoms in total. The standard InChI is InChI=1S/C20H32O2/c1-12-4-7-16-15-6-5-13-10-14(21)8-9-19(13,2)18(15)17(22)11-20(12,16)3/h12-16,18,21H,4-11H2,1-3H3. The van der Waals surface area contributed by atoms with E-state index in [2.05, 4.69) is 20.8 Å². The van der Waals surface area contributed by atoms with E-state index in [0.717, 1.165) is 31.6 Å². The van der Waals surface area contributed by atoms with Crippen molar-refractivity contribution in [3.05, 3.63) is 0 Å². The van der Waals surface area contributed by atoms with E-state index in [1.807, 2.05) is 0 Å². The van der Waals surface area contributed by atoms with E-state index in [0.29, 0.717) is 29.5 Å². The van der Waals surface area contributed by atoms with E-state index in [4.69, 9.17) is 0 Å². The molecule has 4 saturated carbocycles. The minimum Gasteiger partial charge on any atom is -0.393 e. The van der Waals surface area contributed by atoms with Crippen LogP contribution in [0.1, 0.15) is 72.1 Å². The molecule has 0 aromatic rings. The van der Waals surface area contributed by atoms with Crippen LogP contribution >= 0.6 is 0 Å². The molecule has 8 unspecified atom stereocenters. The van der Waals surface area contributed by atoms with Crippen molar-refractivity contribution in [1.82, 2.24) is 0 Å². The summed E-state index contributed by atoms with van der Waals surface area (Å²) in [6, 6.07) is 0. The molecule has 0 saturated heterocycles. The molecule has 0 radical (unpaired) electrons. The number of rotatable bonds is 0. The smallest absolute Gasteiger partial charge is 0.137 e. The predicted molar refractivity (Wildman–Crippen MR) is 87.3 cm³/mol. The molecule has 4 fully saturated rings. The lowest BCUT2D eigenvalue weighted by atomic mass is 9.44. The maximum atomic E-state index is 13.2. The molecular weight excluding hydrogens is 272 g/mol. The van der Waals surface area contributed by atoms with Crippen molar-refractivity contribution in [2.75, 3.05) is 0 Å². The number of hydrogen-bond acceptors (Lipinski definition) is 2. The summed E-state index contributed by atoms with van der Waals surface area (Å²) in [5, 5.41) is 10.1. The second-order valence-electron chi connectivity index (χ2n) is 9.58. The molecule has 0 spiro atoms. The van der Waals surface area contributed by atoms with Gasteiger partial charge in [-0.2, -0.15) is 0 Å². The van der Waals surface area contributed by atoms with Crippen molar-refractivity contribution in [2.45, 2.75) is 78.2 Å². The van der Waals surface area contributed by atoms with Crippen LogP contribution in [0.25, 0.3) is 0 Å². The topological polar surface area (TPSA) is 37.3 Å². The van der Waals surface area contributed by atoms with Gasteiger partial charge in [0.2, 0.25) is 0 Å². The molecule has 0 aromatic carbocycles. The lowest BCUT2D eigenvalue weighted by Gasteiger charge is -2.59. The Kier molecular flexibility index (Phi) is 3.32. The van der Waals surface area contributed by atoms with Gasteiger partial charge in [-0.15, -0.1) is 0 Å². The summed E-state index contributed by atoms with van der Waals surface area (Å²) in [4.78, 5) is 13.2. The first-order valence-electron chi connectivity index (χ1n) is 9.57. The lowest BCUT2D eigenvalue weighted by Crippen LogP contribution is -2.57. The van der Waals surface area contributed by atoms with Crippen LogP contribution in [0, 0.1) is 40.4 Å². The maximum Gasteiger partial charge on any atom is 0.137 e. The second-order valence-corrected chi connectivity index (χ2v) is 9.58. The molecule has 8 atom stereocenters. The first-order chi connectivity index (χ1) is 10.4. The lowest BCUT2D eigenvalue weighted by molar-refractivity contribution is -0.161. The Morgan fingerprint density at radius 3 is 2.59 bits per heavy atom. The average molecular weight is 304 g/mol. The Morgan fingerprint density at radius 2 is 1.82 bits per heavy atom. The van der Waals surface area contributed by atoms with Gasteiger partial charge in [0.25, 0.3) is 0 Å². The molecule has 124 valence electrons. The number of aliphatic hydroxyl groups is 1. The Balaban J connectivity index is 1.69. The summed E-state index contributed by atoms with van der Waals surface area (Å²) in [5.74, 6) is 3.55. The average Bonchev–Trinajstić information content (AvgIpc) is 2.75. The quantitative estimate of drug-likeness (QED) is 0.728. The zero-order valence-electron chi connectivity index (χ0n) is 14.5. The van der Waals surface area contributed by atoms with Crippen LogP contribution in [0.4, 0.5) is 0 Å². The Hall–Kier alpha value is -0.370. The Labute approximate surface area is 135 Å². The SMILES string of the molecule is CC1CCC2C3CCC4CC(O)CCC4(C)C3C(=O)CC12C. The largest absolute Gasteiger partial charge is 0.393 e. The molecule has 0 bridgehead atoms. The van der Waals surface area contributed by atoms with Crippen molar-refractivity contribution < 1.29 is 9.90 Å². The summed E-state index contributed by atoms with van der Waals surface area (Å²) in [5.41, 5.74) is 0.446. The van der Waals surface area contributed by atoms with Gasteiger partial charge in [-0.3, -0.25) is 4.79 Å². The van der Waals surface area contributed by atoms with Crippen LogP contribution < -0.4 is 0 Å². The summed E-state index contributed by atoms with van der Waals surface area (Å²) in [7, 11) is 0. The van der Waals surface area contributed by atoms with Crippen LogP contribution in [0.5, 0.6) is 0 Å². The van der Waals surface area contributed by atoms with E-state index in [-0.39, 0.29) is 16.9 Å². The fraction of sp³-hybridized carbons (Fsp3) is 0.950. The number of hydrogen-bond donors (Lipinski definition) is 1. The van der Waals surface area contributed by atoms with Gasteiger partial charge < -0.3 is 5.11 Å². The van der Waals surface area contributed by atoms with Gasteiger partial charge in [-0.1, -0.05) is 20.8 Å². The highest BCUT2D eigenvalue weighted by Gasteiger charge is 2.62. The molecule has 4 aliphatic carbocycles. The van der Waals surface area contributed by atoms with E-state index in [1.54, 1.807) is 0 Å². The molecular formula is C20H32O2. The monoisotopic (exact) mass is 304 g/mol. The Morgan fingerprint density at radius 1 is 1.05 bits per heavy atom. The van der Waals surface area contributed by atoms with Crippen molar-refractivity contribution in [3.63, 3.8) is 0 Å². The highest BCUT2D eigenvalue weighted by atomic mass is 16.3. The predicted octanol–water partition coefficient (Wildman–Crippen LogP) is 4.21. The van der Waals surface area contributed by atoms with Gasteiger partial charge in [0.1, 0.15) is 5.78 Å². The zero-order chi connectivity index (χ0) is 15.7. The third kappa shape index (κ3) is 1.85. The number of aliphatic hydroxyl groups excluding tert-OH is 1. The van der Waals surface area contributed by atoms with Crippen molar-refractivity contribution in [3.8, 4) is 0 Å². The number of carbonyl (C=O) groups is 1. The summed E-state index contributed by atoms with van der Waals surface area (Å²) < 4.78 is 0. The highest BCUT2D eigenvalue weighted by Crippen LogP contribution is 2.66. The third-order valence-corrected chi connectivity index (χ3v) is 8.79. The normalized spacial score (nSPS) is 57.9. The molecule has 1 N–H and O–H groups in total. The molecule has 0 heterocycles. The first-order valence-corrected chi connectivity index (χ1v) is 9.57. The number of Topliss-reactive ketones (excluding diaryl/α,β-unsaturated/α-hetero) is 1. The minimum atomic E-state index is -0.120. The van der Waals surface area contributed by atoms with Gasteiger partial charge in [0.05, 0.1) is 6.10 Å². The van der Waals surface area contributed by atoms with Crippen LogP contribution in [0.3, 0.4) is 0 Å². The maximum absolute atomic E-state index is 13.2. The van der Waals surface area contributed by atoms with Gasteiger partial charge in [-0.05, 0) is 79.4 Å². The molecule has 0 aromatic heterocycles. The Bertz CT molecular complexity index is 486. The van der Waals surface area contributed by atoms with Crippen molar-refractivity contribution in [1.29, 1.82) is 0 Å². The minimum absolute atomic E-state index is 0.120. The molecule has 0 amide bonds. The van der Waals surface area contributed by atoms with E-state index >= 15 is 0 Å². The highest BCUT2D eigenvalue weighted by molar-refractivity contribution is 5.84. The third-order valence-electron chi connectivity index (χ3n) is 8.79. The summed E-state index contributed by atoms with van der Waals surface area (Å²) in [6.07, 6.45) is 8.73. The van der Waals surface area contributed by atoms with Gasteiger partial charge in [0, 0.05) is 12.3 Å². The molecule has 22 heavy (non-hydrogen) atoms. The zero-order valence-corrected chi connectivity index (χ0v) is 14.5. The summed E-state index contributed by atoms with van der Waals surface area (Å²) in [6.45, 7) is 7.17. The van der Waals surface area contributed by atoms with Gasteiger partial charge in [0.15, 0.2) is 0 Å². The van der Waals surface area contributed by atoms with Crippen molar-refractivity contribution in [2.24, 2.45) is 40.4 Å². The first kappa shape index (κ1) is 15.2. The van der Waals surface area contributed by atoms with Crippen LogP contribution in [-0.2, 0) is 4.79 Å². The molecule has 4 rings (SSSR count). The van der Waals surface area contributed by atoms with Crippen LogP contribution in [0.15, 0.2) is 0 Å². The van der Waals surface area contributed by atoms with E-state index in [9.17, 15) is 9.90 Å². The van der Waals surface area contributed by atoms with E-state index < -0.39 is 0 Å². The molecule has 0 aliphatic heterocycles. The fourth-order valence-electron chi connectivity index (χ4n) is 7.29. The van der Waals surface area contributed by atoms with Gasteiger partial charge >= 0.3 is 0 Å². The van der Waals surface area contributed by atoms with Gasteiger partial charge in [-0.25, -0.2) is 0 Å². The second kappa shape index (κ2) is 4.82. The van der Waals surface area contributed by atoms with Crippen molar-refractivity contribution >= 4 is 5.78 Å². The molecule has 4 aliphatic rings.